The molecule has 14 heavy (non-hydrogen) atoms. The van der Waals surface area contributed by atoms with Gasteiger partial charge in [0, 0.05) is 23.5 Å². The van der Waals surface area contributed by atoms with Gasteiger partial charge in [0.25, 0.3) is 0 Å². The molecule has 2 heterocycles. The van der Waals surface area contributed by atoms with Crippen molar-refractivity contribution in [1.29, 1.82) is 0 Å². The average molecular weight is 208 g/mol. The van der Waals surface area contributed by atoms with E-state index in [0.29, 0.717) is 0 Å². The highest BCUT2D eigenvalue weighted by atomic mass is 32.1. The number of nitrogens with one attached hydrogen (secondary N) is 1. The Labute approximate surface area is 86.7 Å². The molecule has 0 aliphatic heterocycles. The van der Waals surface area contributed by atoms with Gasteiger partial charge in [0.05, 0.1) is 6.20 Å². The average Bonchev–Trinajstić information content (AvgIpc) is 2.86. The summed E-state index contributed by atoms with van der Waals surface area (Å²) in [4.78, 5) is 1.42. The van der Waals surface area contributed by atoms with Gasteiger partial charge in [-0.25, -0.2) is 0 Å². The first-order valence-corrected chi connectivity index (χ1v) is 5.44. The standard InChI is InChI=1S/C10H12N2OS/c1-2-10(14-5-1)3-4-11-6-9-7-12-13-8-9/h1-2,5,7-8,11H,3-4,6H2. The Morgan fingerprint density at radius 3 is 3.21 bits per heavy atom. The Morgan fingerprint density at radius 1 is 1.50 bits per heavy atom. The van der Waals surface area contributed by atoms with Crippen molar-refractivity contribution >= 4 is 11.3 Å². The van der Waals surface area contributed by atoms with Gasteiger partial charge in [-0.1, -0.05) is 11.2 Å². The minimum Gasteiger partial charge on any atom is -0.364 e. The van der Waals surface area contributed by atoms with E-state index in [1.165, 1.54) is 4.88 Å². The maximum atomic E-state index is 4.73. The van der Waals surface area contributed by atoms with E-state index >= 15 is 0 Å². The second-order valence-electron chi connectivity index (χ2n) is 3.04. The highest BCUT2D eigenvalue weighted by Crippen LogP contribution is 2.08. The van der Waals surface area contributed by atoms with Crippen LogP contribution in [0.4, 0.5) is 0 Å². The molecule has 4 heteroatoms. The molecule has 0 aliphatic carbocycles. The van der Waals surface area contributed by atoms with Crippen LogP contribution in [-0.2, 0) is 13.0 Å². The second-order valence-corrected chi connectivity index (χ2v) is 4.07. The monoisotopic (exact) mass is 208 g/mol. The molecule has 0 unspecified atom stereocenters. The quantitative estimate of drug-likeness (QED) is 0.764. The molecule has 0 aromatic carbocycles. The third-order valence-electron chi connectivity index (χ3n) is 1.94. The summed E-state index contributed by atoms with van der Waals surface area (Å²) >= 11 is 1.80. The van der Waals surface area contributed by atoms with Gasteiger partial charge in [-0.15, -0.1) is 11.3 Å². The number of thiophene rings is 1. The highest BCUT2D eigenvalue weighted by Gasteiger charge is 1.95. The molecule has 74 valence electrons. The lowest BCUT2D eigenvalue weighted by Crippen LogP contribution is -2.15. The number of nitrogens with zero attached hydrogens (tertiary/aromatic N) is 1. The van der Waals surface area contributed by atoms with Gasteiger partial charge in [-0.05, 0) is 17.9 Å². The summed E-state index contributed by atoms with van der Waals surface area (Å²) in [6.07, 6.45) is 4.49. The van der Waals surface area contributed by atoms with Gasteiger partial charge in [0.15, 0.2) is 0 Å². The summed E-state index contributed by atoms with van der Waals surface area (Å²) in [6, 6.07) is 4.24. The van der Waals surface area contributed by atoms with Crippen molar-refractivity contribution in [2.24, 2.45) is 0 Å². The van der Waals surface area contributed by atoms with Crippen LogP contribution < -0.4 is 5.32 Å². The summed E-state index contributed by atoms with van der Waals surface area (Å²) < 4.78 is 4.73. The fourth-order valence-electron chi connectivity index (χ4n) is 1.21. The molecule has 0 aliphatic rings. The third kappa shape index (κ3) is 2.68. The molecule has 0 amide bonds. The topological polar surface area (TPSA) is 38.1 Å². The maximum absolute atomic E-state index is 4.73. The van der Waals surface area contributed by atoms with Crippen molar-refractivity contribution in [3.8, 4) is 0 Å². The fourth-order valence-corrected chi connectivity index (χ4v) is 1.92. The van der Waals surface area contributed by atoms with Crippen LogP contribution in [0.3, 0.4) is 0 Å². The highest BCUT2D eigenvalue weighted by molar-refractivity contribution is 7.09. The van der Waals surface area contributed by atoms with Gasteiger partial charge in [-0.2, -0.15) is 0 Å². The summed E-state index contributed by atoms with van der Waals surface area (Å²) in [5.74, 6) is 0. The molecule has 2 aromatic heterocycles. The van der Waals surface area contributed by atoms with Crippen LogP contribution in [0.2, 0.25) is 0 Å². The maximum Gasteiger partial charge on any atom is 0.128 e. The Hall–Kier alpha value is -1.13. The molecular formula is C10H12N2OS. The van der Waals surface area contributed by atoms with Crippen LogP contribution >= 0.6 is 11.3 Å². The zero-order valence-corrected chi connectivity index (χ0v) is 8.59. The molecule has 0 radical (unpaired) electrons. The van der Waals surface area contributed by atoms with Gasteiger partial charge in [0.1, 0.15) is 6.26 Å². The van der Waals surface area contributed by atoms with Crippen molar-refractivity contribution in [2.75, 3.05) is 6.54 Å². The van der Waals surface area contributed by atoms with Crippen molar-refractivity contribution in [1.82, 2.24) is 10.5 Å². The molecule has 0 spiro atoms. The lowest BCUT2D eigenvalue weighted by Gasteiger charge is -2.00. The molecule has 0 fully saturated rings. The minimum atomic E-state index is 0.828. The predicted molar refractivity (Wildman–Crippen MR) is 56.2 cm³/mol. The van der Waals surface area contributed by atoms with E-state index in [1.807, 2.05) is 0 Å². The molecule has 1 N–H and O–H groups in total. The molecular weight excluding hydrogens is 196 g/mol. The van der Waals surface area contributed by atoms with Gasteiger partial charge < -0.3 is 9.84 Å². The second kappa shape index (κ2) is 4.93. The largest absolute Gasteiger partial charge is 0.364 e. The minimum absolute atomic E-state index is 0.828. The Morgan fingerprint density at radius 2 is 2.50 bits per heavy atom. The molecule has 0 atom stereocenters. The summed E-state index contributed by atoms with van der Waals surface area (Å²) in [7, 11) is 0. The van der Waals surface area contributed by atoms with Gasteiger partial charge in [-0.3, -0.25) is 0 Å². The first-order valence-electron chi connectivity index (χ1n) is 4.56. The van der Waals surface area contributed by atoms with E-state index in [9.17, 15) is 0 Å². The van der Waals surface area contributed by atoms with Crippen LogP contribution in [-0.4, -0.2) is 11.7 Å². The smallest absolute Gasteiger partial charge is 0.128 e. The molecule has 0 saturated carbocycles. The number of hydrogen-bond acceptors (Lipinski definition) is 4. The Kier molecular flexibility index (Phi) is 3.32. The van der Waals surface area contributed by atoms with E-state index in [2.05, 4.69) is 28.0 Å². The normalized spacial score (nSPS) is 10.6. The fraction of sp³-hybridized carbons (Fsp3) is 0.300. The molecule has 2 aromatic rings. The number of rotatable bonds is 5. The van der Waals surface area contributed by atoms with Crippen LogP contribution in [0, 0.1) is 0 Å². The van der Waals surface area contributed by atoms with E-state index in [4.69, 9.17) is 4.52 Å². The molecule has 0 bridgehead atoms. The number of hydrogen-bond donors (Lipinski definition) is 1. The van der Waals surface area contributed by atoms with Crippen molar-refractivity contribution in [2.45, 2.75) is 13.0 Å². The summed E-state index contributed by atoms with van der Waals surface area (Å²) in [6.45, 7) is 1.82. The first kappa shape index (κ1) is 9.43. The van der Waals surface area contributed by atoms with E-state index in [0.717, 1.165) is 25.1 Å². The van der Waals surface area contributed by atoms with Crippen molar-refractivity contribution in [3.63, 3.8) is 0 Å². The molecule has 2 rings (SSSR count). The third-order valence-corrected chi connectivity index (χ3v) is 2.88. The van der Waals surface area contributed by atoms with Crippen LogP contribution in [0.25, 0.3) is 0 Å². The molecule has 3 nitrogen and oxygen atoms in total. The van der Waals surface area contributed by atoms with Crippen LogP contribution in [0.15, 0.2) is 34.5 Å². The SMILES string of the molecule is c1csc(CCNCc2cnoc2)c1. The zero-order valence-electron chi connectivity index (χ0n) is 7.77. The number of aromatic nitrogens is 1. The lowest BCUT2D eigenvalue weighted by atomic mass is 10.3. The van der Waals surface area contributed by atoms with Crippen molar-refractivity contribution in [3.05, 3.63) is 40.4 Å². The Bertz CT molecular complexity index is 306. The lowest BCUT2D eigenvalue weighted by molar-refractivity contribution is 0.418. The van der Waals surface area contributed by atoms with E-state index < -0.39 is 0 Å². The zero-order chi connectivity index (χ0) is 9.64. The van der Waals surface area contributed by atoms with Gasteiger partial charge >= 0.3 is 0 Å². The van der Waals surface area contributed by atoms with E-state index in [-0.39, 0.29) is 0 Å². The molecule has 0 saturated heterocycles. The summed E-state index contributed by atoms with van der Waals surface area (Å²) in [5.41, 5.74) is 1.09. The van der Waals surface area contributed by atoms with Crippen LogP contribution in [0.1, 0.15) is 10.4 Å². The Balaban J connectivity index is 1.65. The van der Waals surface area contributed by atoms with E-state index in [1.54, 1.807) is 23.8 Å². The van der Waals surface area contributed by atoms with Crippen molar-refractivity contribution < 1.29 is 4.52 Å². The predicted octanol–water partition coefficient (Wildman–Crippen LogP) is 2.07. The van der Waals surface area contributed by atoms with Gasteiger partial charge in [0.2, 0.25) is 0 Å². The summed E-state index contributed by atoms with van der Waals surface area (Å²) in [5, 5.41) is 9.08. The first-order chi connectivity index (χ1) is 6.95. The van der Waals surface area contributed by atoms with Crippen LogP contribution in [0.5, 0.6) is 0 Å².